The lowest BCUT2D eigenvalue weighted by molar-refractivity contribution is 0.670. The normalized spacial score (nSPS) is 11.6. The van der Waals surface area contributed by atoms with Gasteiger partial charge in [0.25, 0.3) is 0 Å². The zero-order valence-corrected chi connectivity index (χ0v) is 29.8. The van der Waals surface area contributed by atoms with E-state index < -0.39 is 0 Å². The molecule has 3 nitrogen and oxygen atoms in total. The molecule has 11 rings (SSSR count). The molecule has 55 heavy (non-hydrogen) atoms. The Kier molecular flexibility index (Phi) is 7.17. The lowest BCUT2D eigenvalue weighted by atomic mass is 9.90. The highest BCUT2D eigenvalue weighted by Gasteiger charge is 2.20. The average Bonchev–Trinajstić information content (AvgIpc) is 3.65. The zero-order valence-electron chi connectivity index (χ0n) is 29.8. The van der Waals surface area contributed by atoms with Crippen LogP contribution >= 0.6 is 0 Å². The van der Waals surface area contributed by atoms with Crippen molar-refractivity contribution in [2.24, 2.45) is 0 Å². The molecule has 0 aliphatic rings. The number of para-hydroxylation sites is 2. The van der Waals surface area contributed by atoms with E-state index in [1.54, 1.807) is 0 Å². The van der Waals surface area contributed by atoms with E-state index in [1.165, 1.54) is 38.2 Å². The van der Waals surface area contributed by atoms with Crippen LogP contribution in [0, 0.1) is 0 Å². The molecule has 0 saturated heterocycles. The number of fused-ring (bicyclic) bond motifs is 7. The van der Waals surface area contributed by atoms with Crippen molar-refractivity contribution in [1.29, 1.82) is 0 Å². The Morgan fingerprint density at radius 1 is 0.309 bits per heavy atom. The van der Waals surface area contributed by atoms with Crippen LogP contribution in [0.15, 0.2) is 199 Å². The number of aromatic nitrogens is 2. The number of hydrogen-bond donors (Lipinski definition) is 0. The van der Waals surface area contributed by atoms with Crippen molar-refractivity contribution in [1.82, 2.24) is 9.97 Å². The predicted molar refractivity (Wildman–Crippen MR) is 229 cm³/mol. The topological polar surface area (TPSA) is 38.9 Å². The summed E-state index contributed by atoms with van der Waals surface area (Å²) in [7, 11) is 0. The fraction of sp³-hybridized carbons (Fsp3) is 0. The second-order valence-electron chi connectivity index (χ2n) is 14.1. The van der Waals surface area contributed by atoms with Gasteiger partial charge in [0.1, 0.15) is 11.2 Å². The van der Waals surface area contributed by atoms with Gasteiger partial charge in [0.15, 0.2) is 5.82 Å². The monoisotopic (exact) mass is 700 g/mol. The minimum Gasteiger partial charge on any atom is -0.455 e. The maximum absolute atomic E-state index is 6.59. The van der Waals surface area contributed by atoms with Crippen LogP contribution < -0.4 is 0 Å². The molecule has 0 saturated carbocycles. The van der Waals surface area contributed by atoms with Crippen molar-refractivity contribution in [2.75, 3.05) is 0 Å². The summed E-state index contributed by atoms with van der Waals surface area (Å²) in [6.07, 6.45) is 0. The van der Waals surface area contributed by atoms with Gasteiger partial charge in [-0.2, -0.15) is 0 Å². The van der Waals surface area contributed by atoms with Gasteiger partial charge < -0.3 is 4.42 Å². The molecular weight excluding hydrogens is 669 g/mol. The Hall–Kier alpha value is -7.36. The van der Waals surface area contributed by atoms with Gasteiger partial charge in [-0.05, 0) is 84.9 Å². The van der Waals surface area contributed by atoms with Crippen molar-refractivity contribution in [3.8, 4) is 56.2 Å². The van der Waals surface area contributed by atoms with Crippen LogP contribution in [0.25, 0.3) is 110 Å². The van der Waals surface area contributed by atoms with Gasteiger partial charge in [-0.1, -0.05) is 164 Å². The summed E-state index contributed by atoms with van der Waals surface area (Å²) in [5, 5.41) is 9.30. The highest BCUT2D eigenvalue weighted by molar-refractivity contribution is 6.15. The minimum absolute atomic E-state index is 0.662. The van der Waals surface area contributed by atoms with Gasteiger partial charge >= 0.3 is 0 Å². The largest absolute Gasteiger partial charge is 0.455 e. The summed E-state index contributed by atoms with van der Waals surface area (Å²) < 4.78 is 6.59. The van der Waals surface area contributed by atoms with E-state index in [1.807, 2.05) is 12.1 Å². The number of benzene rings is 9. The van der Waals surface area contributed by atoms with Gasteiger partial charge in [-0.25, -0.2) is 9.97 Å². The zero-order chi connectivity index (χ0) is 36.3. The predicted octanol–water partition coefficient (Wildman–Crippen LogP) is 14.2. The molecule has 0 bridgehead atoms. The molecule has 2 heterocycles. The lowest BCUT2D eigenvalue weighted by Gasteiger charge is -2.16. The third-order valence-electron chi connectivity index (χ3n) is 10.9. The number of hydrogen-bond acceptors (Lipinski definition) is 3. The standard InChI is InChI=1S/C52H32N2O/c1-2-15-33(16-3-1)36-29-30-45(39-21-8-6-20-38(36)39)52-53-48(32-49(54-52)46-27-14-26-44-43-25-12-13-28-50(43)55-51(44)46)42-24-11-10-23-41(42)47-31-34-17-4-5-18-35(34)37-19-7-9-22-40(37)47/h1-32H. The SMILES string of the molecule is c1ccc(-c2ccc(-c3nc(-c4ccccc4-c4cc5ccccc5c5ccccc45)cc(-c4cccc5c4oc4ccccc45)n3)c3ccccc23)cc1. The van der Waals surface area contributed by atoms with Crippen molar-refractivity contribution in [2.45, 2.75) is 0 Å². The molecule has 9 aromatic carbocycles. The molecule has 0 aliphatic heterocycles. The summed E-state index contributed by atoms with van der Waals surface area (Å²) in [6, 6.07) is 68.5. The number of rotatable bonds is 5. The molecule has 0 spiro atoms. The molecule has 0 unspecified atom stereocenters. The molecule has 0 amide bonds. The summed E-state index contributed by atoms with van der Waals surface area (Å²) in [5.74, 6) is 0.662. The van der Waals surface area contributed by atoms with Crippen LogP contribution in [-0.2, 0) is 0 Å². The second-order valence-corrected chi connectivity index (χ2v) is 14.1. The summed E-state index contributed by atoms with van der Waals surface area (Å²) in [5.41, 5.74) is 10.9. The third kappa shape index (κ3) is 5.13. The van der Waals surface area contributed by atoms with Gasteiger partial charge in [0.2, 0.25) is 0 Å². The lowest BCUT2D eigenvalue weighted by Crippen LogP contribution is -1.98. The van der Waals surface area contributed by atoms with Crippen LogP contribution in [0.3, 0.4) is 0 Å². The van der Waals surface area contributed by atoms with E-state index in [0.29, 0.717) is 5.82 Å². The number of nitrogens with zero attached hydrogens (tertiary/aromatic N) is 2. The van der Waals surface area contributed by atoms with Crippen LogP contribution in [-0.4, -0.2) is 9.97 Å². The molecule has 0 fully saturated rings. The Bertz CT molecular complexity index is 3270. The molecular formula is C52H32N2O. The maximum Gasteiger partial charge on any atom is 0.161 e. The minimum atomic E-state index is 0.662. The molecule has 0 radical (unpaired) electrons. The van der Waals surface area contributed by atoms with Crippen LogP contribution in [0.5, 0.6) is 0 Å². The highest BCUT2D eigenvalue weighted by Crippen LogP contribution is 2.42. The van der Waals surface area contributed by atoms with Crippen molar-refractivity contribution in [3.63, 3.8) is 0 Å². The van der Waals surface area contributed by atoms with Gasteiger partial charge in [0, 0.05) is 27.5 Å². The van der Waals surface area contributed by atoms with E-state index in [2.05, 4.69) is 182 Å². The quantitative estimate of drug-likeness (QED) is 0.168. The van der Waals surface area contributed by atoms with Crippen LogP contribution in [0.1, 0.15) is 0 Å². The first-order valence-corrected chi connectivity index (χ1v) is 18.7. The Morgan fingerprint density at radius 3 is 1.65 bits per heavy atom. The fourth-order valence-electron chi connectivity index (χ4n) is 8.37. The van der Waals surface area contributed by atoms with E-state index in [0.717, 1.165) is 66.4 Å². The van der Waals surface area contributed by atoms with Crippen molar-refractivity contribution >= 4 is 54.3 Å². The fourth-order valence-corrected chi connectivity index (χ4v) is 8.37. The molecule has 0 N–H and O–H groups in total. The molecule has 11 aromatic rings. The molecule has 2 aromatic heterocycles. The van der Waals surface area contributed by atoms with Gasteiger partial charge in [-0.15, -0.1) is 0 Å². The third-order valence-corrected chi connectivity index (χ3v) is 10.9. The first-order valence-electron chi connectivity index (χ1n) is 18.7. The van der Waals surface area contributed by atoms with Crippen molar-refractivity contribution in [3.05, 3.63) is 194 Å². The smallest absolute Gasteiger partial charge is 0.161 e. The average molecular weight is 701 g/mol. The maximum atomic E-state index is 6.59. The van der Waals surface area contributed by atoms with Gasteiger partial charge in [0.05, 0.1) is 11.4 Å². The first kappa shape index (κ1) is 31.2. The molecule has 0 aliphatic carbocycles. The van der Waals surface area contributed by atoms with E-state index in [4.69, 9.17) is 14.4 Å². The Balaban J connectivity index is 1.20. The highest BCUT2D eigenvalue weighted by atomic mass is 16.3. The van der Waals surface area contributed by atoms with Gasteiger partial charge in [-0.3, -0.25) is 0 Å². The van der Waals surface area contributed by atoms with E-state index >= 15 is 0 Å². The Labute approximate surface area is 317 Å². The summed E-state index contributed by atoms with van der Waals surface area (Å²) in [6.45, 7) is 0. The molecule has 0 atom stereocenters. The van der Waals surface area contributed by atoms with E-state index in [-0.39, 0.29) is 0 Å². The van der Waals surface area contributed by atoms with Crippen LogP contribution in [0.4, 0.5) is 0 Å². The van der Waals surface area contributed by atoms with Crippen LogP contribution in [0.2, 0.25) is 0 Å². The first-order chi connectivity index (χ1) is 27.3. The van der Waals surface area contributed by atoms with E-state index in [9.17, 15) is 0 Å². The summed E-state index contributed by atoms with van der Waals surface area (Å²) >= 11 is 0. The van der Waals surface area contributed by atoms with Crippen molar-refractivity contribution < 1.29 is 4.42 Å². The second kappa shape index (κ2) is 12.6. The molecule has 256 valence electrons. The Morgan fingerprint density at radius 2 is 0.855 bits per heavy atom. The summed E-state index contributed by atoms with van der Waals surface area (Å²) in [4.78, 5) is 10.9. The number of furan rings is 1. The molecule has 3 heteroatoms.